The molecule has 2 aliphatic heterocycles. The van der Waals surface area contributed by atoms with Gasteiger partial charge in [0.2, 0.25) is 5.91 Å². The Balaban J connectivity index is 1.14. The first-order valence-electron chi connectivity index (χ1n) is 12.9. The Morgan fingerprint density at radius 3 is 2.22 bits per heavy atom. The maximum absolute atomic E-state index is 12.9. The van der Waals surface area contributed by atoms with Crippen LogP contribution in [0.2, 0.25) is 0 Å². The van der Waals surface area contributed by atoms with Crippen molar-refractivity contribution in [1.82, 2.24) is 9.80 Å². The Bertz CT molecular complexity index is 1220. The Kier molecular flexibility index (Phi) is 7.53. The third kappa shape index (κ3) is 6.01. The summed E-state index contributed by atoms with van der Waals surface area (Å²) in [6, 6.07) is 25.4. The van der Waals surface area contributed by atoms with E-state index in [1.807, 2.05) is 66.7 Å². The minimum atomic E-state index is -0.886. The number of benzene rings is 3. The van der Waals surface area contributed by atoms with Crippen molar-refractivity contribution in [2.24, 2.45) is 0 Å². The summed E-state index contributed by atoms with van der Waals surface area (Å²) < 4.78 is 5.83. The van der Waals surface area contributed by atoms with E-state index in [1.54, 1.807) is 12.1 Å². The molecular weight excluding hydrogens is 466 g/mol. The minimum absolute atomic E-state index is 0.00387. The number of carbonyl (C=O) groups is 2. The largest absolute Gasteiger partial charge is 0.478 e. The van der Waals surface area contributed by atoms with Crippen molar-refractivity contribution >= 4 is 17.6 Å². The molecule has 2 N–H and O–H groups in total. The van der Waals surface area contributed by atoms with Gasteiger partial charge in [0.25, 0.3) is 0 Å². The van der Waals surface area contributed by atoms with Gasteiger partial charge in [-0.1, -0.05) is 36.4 Å². The van der Waals surface area contributed by atoms with Gasteiger partial charge >= 0.3 is 5.97 Å². The number of carbonyl (C=O) groups excluding carboxylic acids is 1. The van der Waals surface area contributed by atoms with Crippen molar-refractivity contribution in [3.05, 3.63) is 90.0 Å². The second-order valence-electron chi connectivity index (χ2n) is 10.0. The van der Waals surface area contributed by atoms with Crippen LogP contribution in [0.15, 0.2) is 78.9 Å². The van der Waals surface area contributed by atoms with Gasteiger partial charge in [-0.2, -0.15) is 0 Å². The molecule has 2 heterocycles. The molecule has 3 aromatic carbocycles. The molecule has 2 atom stereocenters. The maximum atomic E-state index is 12.9. The second kappa shape index (κ2) is 11.2. The average molecular weight is 500 g/mol. The van der Waals surface area contributed by atoms with Crippen LogP contribution in [-0.4, -0.2) is 58.5 Å². The molecule has 2 fully saturated rings. The van der Waals surface area contributed by atoms with Gasteiger partial charge in [0, 0.05) is 30.4 Å². The average Bonchev–Trinajstić information content (AvgIpc) is 3.11. The third-order valence-electron chi connectivity index (χ3n) is 7.59. The van der Waals surface area contributed by atoms with Crippen LogP contribution in [0, 0.1) is 0 Å². The number of nitrogens with one attached hydrogen (secondary N) is 1. The van der Waals surface area contributed by atoms with Crippen LogP contribution in [0.5, 0.6) is 11.5 Å². The fraction of sp³-hybridized carbons (Fsp3) is 0.333. The highest BCUT2D eigenvalue weighted by Gasteiger charge is 2.42. The van der Waals surface area contributed by atoms with E-state index >= 15 is 0 Å². The molecule has 3 aromatic rings. The van der Waals surface area contributed by atoms with E-state index in [0.29, 0.717) is 36.8 Å². The highest BCUT2D eigenvalue weighted by molar-refractivity contribution is 5.92. The van der Waals surface area contributed by atoms with Gasteiger partial charge in [-0.15, -0.1) is 0 Å². The number of carboxylic acid groups (broad SMARTS) is 1. The van der Waals surface area contributed by atoms with Crippen LogP contribution in [0.4, 0.5) is 5.69 Å². The highest BCUT2D eigenvalue weighted by Crippen LogP contribution is 2.37. The molecule has 2 unspecified atom stereocenters. The smallest absolute Gasteiger partial charge is 0.336 e. The number of para-hydroxylation sites is 1. The summed E-state index contributed by atoms with van der Waals surface area (Å²) >= 11 is 0. The van der Waals surface area contributed by atoms with Crippen molar-refractivity contribution in [2.45, 2.75) is 50.4 Å². The quantitative estimate of drug-likeness (QED) is 0.419. The first kappa shape index (κ1) is 25.0. The Hall–Kier alpha value is -3.68. The highest BCUT2D eigenvalue weighted by atomic mass is 16.5. The Labute approximate surface area is 217 Å². The van der Waals surface area contributed by atoms with E-state index in [4.69, 9.17) is 4.74 Å². The van der Waals surface area contributed by atoms with Gasteiger partial charge in [-0.25, -0.2) is 4.79 Å². The molecule has 2 bridgehead atoms. The molecule has 0 radical (unpaired) electrons. The van der Waals surface area contributed by atoms with E-state index in [9.17, 15) is 14.7 Å². The molecule has 2 aliphatic rings. The molecule has 0 spiro atoms. The third-order valence-corrected chi connectivity index (χ3v) is 7.59. The number of rotatable bonds is 9. The van der Waals surface area contributed by atoms with E-state index in [2.05, 4.69) is 22.2 Å². The zero-order chi connectivity index (χ0) is 25.8. The standard InChI is InChI=1S/C30H33N3O4/c1-32(19-21-7-5-6-10-28(21)30(35)36)25-17-23-13-14-24(18-25)33(23)20-29(34)31-22-11-15-27(16-12-22)37-26-8-3-2-4-9-26/h2-12,15-16,23-25H,13-14,17-20H2,1H3,(H,31,34)(H,35,36). The molecule has 7 heteroatoms. The number of ether oxygens (including phenoxy) is 1. The first-order chi connectivity index (χ1) is 18.0. The van der Waals surface area contributed by atoms with E-state index < -0.39 is 5.97 Å². The molecule has 192 valence electrons. The number of aromatic carboxylic acids is 1. The van der Waals surface area contributed by atoms with Crippen LogP contribution in [0.25, 0.3) is 0 Å². The summed E-state index contributed by atoms with van der Waals surface area (Å²) in [6.45, 7) is 0.993. The second-order valence-corrected chi connectivity index (χ2v) is 10.0. The van der Waals surface area contributed by atoms with Crippen LogP contribution >= 0.6 is 0 Å². The Morgan fingerprint density at radius 2 is 1.54 bits per heavy atom. The summed E-state index contributed by atoms with van der Waals surface area (Å²) in [6.07, 6.45) is 4.17. The molecule has 37 heavy (non-hydrogen) atoms. The van der Waals surface area contributed by atoms with E-state index in [-0.39, 0.29) is 5.91 Å². The van der Waals surface area contributed by atoms with Gasteiger partial charge in [0.1, 0.15) is 11.5 Å². The lowest BCUT2D eigenvalue weighted by Crippen LogP contribution is -2.51. The number of piperidine rings is 1. The number of fused-ring (bicyclic) bond motifs is 2. The normalized spacial score (nSPS) is 21.1. The lowest BCUT2D eigenvalue weighted by molar-refractivity contribution is -0.118. The molecule has 5 rings (SSSR count). The lowest BCUT2D eigenvalue weighted by Gasteiger charge is -2.42. The number of hydrogen-bond acceptors (Lipinski definition) is 5. The lowest BCUT2D eigenvalue weighted by atomic mass is 9.95. The topological polar surface area (TPSA) is 82.1 Å². The minimum Gasteiger partial charge on any atom is -0.478 e. The first-order valence-corrected chi connectivity index (χ1v) is 12.9. The van der Waals surface area contributed by atoms with Crippen LogP contribution in [-0.2, 0) is 11.3 Å². The predicted octanol–water partition coefficient (Wildman–Crippen LogP) is 5.24. The zero-order valence-electron chi connectivity index (χ0n) is 21.0. The van der Waals surface area contributed by atoms with Crippen molar-refractivity contribution < 1.29 is 19.4 Å². The summed E-state index contributed by atoms with van der Waals surface area (Å²) in [4.78, 5) is 29.1. The van der Waals surface area contributed by atoms with E-state index in [0.717, 1.165) is 48.4 Å². The van der Waals surface area contributed by atoms with Crippen molar-refractivity contribution in [2.75, 3.05) is 18.9 Å². The maximum Gasteiger partial charge on any atom is 0.336 e. The predicted molar refractivity (Wildman–Crippen MR) is 143 cm³/mol. The van der Waals surface area contributed by atoms with Gasteiger partial charge in [0.05, 0.1) is 12.1 Å². The molecule has 0 saturated carbocycles. The van der Waals surface area contributed by atoms with Crippen LogP contribution in [0.1, 0.15) is 41.6 Å². The number of amides is 1. The van der Waals surface area contributed by atoms with Crippen molar-refractivity contribution in [3.8, 4) is 11.5 Å². The van der Waals surface area contributed by atoms with Gasteiger partial charge < -0.3 is 15.2 Å². The zero-order valence-corrected chi connectivity index (χ0v) is 21.0. The monoisotopic (exact) mass is 499 g/mol. The number of carboxylic acids is 1. The summed E-state index contributed by atoms with van der Waals surface area (Å²) in [7, 11) is 2.08. The molecular formula is C30H33N3O4. The van der Waals surface area contributed by atoms with Gasteiger partial charge in [-0.05, 0) is 80.8 Å². The fourth-order valence-electron chi connectivity index (χ4n) is 5.73. The molecule has 7 nitrogen and oxygen atoms in total. The fourth-order valence-corrected chi connectivity index (χ4v) is 5.73. The molecule has 0 aromatic heterocycles. The molecule has 0 aliphatic carbocycles. The van der Waals surface area contributed by atoms with Crippen LogP contribution < -0.4 is 10.1 Å². The SMILES string of the molecule is CN(Cc1ccccc1C(=O)O)C1CC2CCC(C1)N2CC(=O)Nc1ccc(Oc2ccccc2)cc1. The van der Waals surface area contributed by atoms with E-state index in [1.165, 1.54) is 0 Å². The van der Waals surface area contributed by atoms with Gasteiger partial charge in [-0.3, -0.25) is 14.6 Å². The molecule has 2 saturated heterocycles. The summed E-state index contributed by atoms with van der Waals surface area (Å²) in [5.41, 5.74) is 1.96. The number of nitrogens with zero attached hydrogens (tertiary/aromatic N) is 2. The molecule has 1 amide bonds. The summed E-state index contributed by atoms with van der Waals surface area (Å²) in [5.74, 6) is 0.605. The van der Waals surface area contributed by atoms with Crippen molar-refractivity contribution in [1.29, 1.82) is 0 Å². The Morgan fingerprint density at radius 1 is 0.919 bits per heavy atom. The van der Waals surface area contributed by atoms with Crippen LogP contribution in [0.3, 0.4) is 0 Å². The van der Waals surface area contributed by atoms with Gasteiger partial charge in [0.15, 0.2) is 0 Å². The number of anilines is 1. The van der Waals surface area contributed by atoms with Crippen molar-refractivity contribution in [3.63, 3.8) is 0 Å². The summed E-state index contributed by atoms with van der Waals surface area (Å²) in [5, 5.41) is 12.5. The number of hydrogen-bond donors (Lipinski definition) is 2.